The number of hydrogen-bond donors (Lipinski definition) is 0. The predicted octanol–water partition coefficient (Wildman–Crippen LogP) is 4.31. The SMILES string of the molecule is O=C(/C=C/c1ccc([N+](=O)[O-])cc1)N(Cc1ccc2c(c1)OCO2)C1CCCC1. The lowest BCUT2D eigenvalue weighted by Crippen LogP contribution is -2.37. The van der Waals surface area contributed by atoms with Crippen molar-refractivity contribution >= 4 is 17.7 Å². The predicted molar refractivity (Wildman–Crippen MR) is 108 cm³/mol. The number of benzene rings is 2. The van der Waals surface area contributed by atoms with Crippen LogP contribution >= 0.6 is 0 Å². The van der Waals surface area contributed by atoms with Crippen molar-refractivity contribution in [3.8, 4) is 11.5 Å². The summed E-state index contributed by atoms with van der Waals surface area (Å²) in [6.07, 6.45) is 7.51. The highest BCUT2D eigenvalue weighted by Gasteiger charge is 2.26. The summed E-state index contributed by atoms with van der Waals surface area (Å²) in [6.45, 7) is 0.729. The van der Waals surface area contributed by atoms with E-state index in [4.69, 9.17) is 9.47 Å². The first-order valence-electron chi connectivity index (χ1n) is 9.72. The zero-order valence-corrected chi connectivity index (χ0v) is 16.0. The molecule has 7 nitrogen and oxygen atoms in total. The van der Waals surface area contributed by atoms with Crippen LogP contribution in [0.1, 0.15) is 36.8 Å². The van der Waals surface area contributed by atoms with Gasteiger partial charge in [-0.1, -0.05) is 18.9 Å². The van der Waals surface area contributed by atoms with Crippen molar-refractivity contribution in [1.29, 1.82) is 0 Å². The van der Waals surface area contributed by atoms with Gasteiger partial charge in [-0.15, -0.1) is 0 Å². The number of nitro groups is 1. The maximum absolute atomic E-state index is 13.0. The first kappa shape index (κ1) is 19.0. The molecule has 0 radical (unpaired) electrons. The molecule has 1 amide bonds. The largest absolute Gasteiger partial charge is 0.454 e. The van der Waals surface area contributed by atoms with Gasteiger partial charge in [0.25, 0.3) is 5.69 Å². The van der Waals surface area contributed by atoms with Crippen LogP contribution < -0.4 is 9.47 Å². The Hall–Kier alpha value is -3.35. The Morgan fingerprint density at radius 1 is 1.10 bits per heavy atom. The second-order valence-electron chi connectivity index (χ2n) is 7.27. The molecule has 0 atom stereocenters. The van der Waals surface area contributed by atoms with Crippen LogP contribution in [-0.2, 0) is 11.3 Å². The van der Waals surface area contributed by atoms with Gasteiger partial charge in [0.2, 0.25) is 12.7 Å². The highest BCUT2D eigenvalue weighted by atomic mass is 16.7. The van der Waals surface area contributed by atoms with Gasteiger partial charge in [-0.25, -0.2) is 0 Å². The van der Waals surface area contributed by atoms with E-state index in [9.17, 15) is 14.9 Å². The molecule has 1 aliphatic heterocycles. The van der Waals surface area contributed by atoms with E-state index in [0.717, 1.165) is 42.6 Å². The Balaban J connectivity index is 1.50. The summed E-state index contributed by atoms with van der Waals surface area (Å²) < 4.78 is 10.8. The van der Waals surface area contributed by atoms with Crippen molar-refractivity contribution < 1.29 is 19.2 Å². The Morgan fingerprint density at radius 2 is 1.83 bits per heavy atom. The second-order valence-corrected chi connectivity index (χ2v) is 7.27. The summed E-state index contributed by atoms with van der Waals surface area (Å²) >= 11 is 0. The standard InChI is InChI=1S/C22H22N2O5/c25-22(12-8-16-5-9-19(10-6-16)24(26)27)23(18-3-1-2-4-18)14-17-7-11-20-21(13-17)29-15-28-20/h5-13,18H,1-4,14-15H2/b12-8+. The molecule has 29 heavy (non-hydrogen) atoms. The summed E-state index contributed by atoms with van der Waals surface area (Å²) in [6, 6.07) is 12.1. The van der Waals surface area contributed by atoms with Crippen LogP contribution in [0.25, 0.3) is 6.08 Å². The molecular weight excluding hydrogens is 372 g/mol. The monoisotopic (exact) mass is 394 g/mol. The molecule has 2 aliphatic rings. The minimum atomic E-state index is -0.439. The smallest absolute Gasteiger partial charge is 0.269 e. The van der Waals surface area contributed by atoms with Crippen molar-refractivity contribution in [3.63, 3.8) is 0 Å². The third-order valence-corrected chi connectivity index (χ3v) is 5.36. The van der Waals surface area contributed by atoms with E-state index in [1.165, 1.54) is 12.1 Å². The van der Waals surface area contributed by atoms with Gasteiger partial charge in [0.1, 0.15) is 0 Å². The molecule has 1 fully saturated rings. The molecule has 2 aromatic rings. The number of hydrogen-bond acceptors (Lipinski definition) is 5. The zero-order valence-electron chi connectivity index (χ0n) is 16.0. The van der Waals surface area contributed by atoms with E-state index >= 15 is 0 Å². The van der Waals surface area contributed by atoms with Crippen molar-refractivity contribution in [2.24, 2.45) is 0 Å². The van der Waals surface area contributed by atoms with Gasteiger partial charge in [-0.3, -0.25) is 14.9 Å². The van der Waals surface area contributed by atoms with Gasteiger partial charge < -0.3 is 14.4 Å². The normalized spacial score (nSPS) is 15.7. The van der Waals surface area contributed by atoms with Gasteiger partial charge in [0.05, 0.1) is 4.92 Å². The van der Waals surface area contributed by atoms with E-state index < -0.39 is 4.92 Å². The van der Waals surface area contributed by atoms with E-state index in [1.54, 1.807) is 24.3 Å². The number of ether oxygens (including phenoxy) is 2. The summed E-state index contributed by atoms with van der Waals surface area (Å²) in [5, 5.41) is 10.8. The van der Waals surface area contributed by atoms with Gasteiger partial charge in [0.15, 0.2) is 11.5 Å². The number of carbonyl (C=O) groups excluding carboxylic acids is 1. The quantitative estimate of drug-likeness (QED) is 0.414. The first-order valence-corrected chi connectivity index (χ1v) is 9.72. The number of rotatable bonds is 6. The zero-order chi connectivity index (χ0) is 20.2. The highest BCUT2D eigenvalue weighted by molar-refractivity contribution is 5.92. The molecule has 2 aromatic carbocycles. The number of non-ortho nitro benzene ring substituents is 1. The Labute approximate surface area is 168 Å². The second kappa shape index (κ2) is 8.34. The maximum atomic E-state index is 13.0. The van der Waals surface area contributed by atoms with Crippen molar-refractivity contribution in [2.75, 3.05) is 6.79 Å². The van der Waals surface area contributed by atoms with Crippen LogP contribution in [0.4, 0.5) is 5.69 Å². The van der Waals surface area contributed by atoms with E-state index in [1.807, 2.05) is 23.1 Å². The van der Waals surface area contributed by atoms with E-state index in [0.29, 0.717) is 12.3 Å². The fraction of sp³-hybridized carbons (Fsp3) is 0.318. The number of carbonyl (C=O) groups is 1. The first-order chi connectivity index (χ1) is 14.1. The molecule has 0 saturated heterocycles. The molecule has 0 unspecified atom stereocenters. The molecule has 0 aromatic heterocycles. The van der Waals surface area contributed by atoms with E-state index in [2.05, 4.69) is 0 Å². The van der Waals surface area contributed by atoms with Crippen LogP contribution in [-0.4, -0.2) is 28.6 Å². The topological polar surface area (TPSA) is 81.9 Å². The lowest BCUT2D eigenvalue weighted by atomic mass is 10.1. The Kier molecular flexibility index (Phi) is 5.46. The molecule has 0 bridgehead atoms. The molecule has 150 valence electrons. The molecule has 7 heteroatoms. The van der Waals surface area contributed by atoms with Crippen LogP contribution in [0.5, 0.6) is 11.5 Å². The van der Waals surface area contributed by atoms with E-state index in [-0.39, 0.29) is 24.4 Å². The van der Waals surface area contributed by atoms with Gasteiger partial charge in [-0.2, -0.15) is 0 Å². The minimum absolute atomic E-state index is 0.0314. The Morgan fingerprint density at radius 3 is 2.55 bits per heavy atom. The third-order valence-electron chi connectivity index (χ3n) is 5.36. The third kappa shape index (κ3) is 4.39. The van der Waals surface area contributed by atoms with Crippen LogP contribution in [0.15, 0.2) is 48.5 Å². The van der Waals surface area contributed by atoms with Gasteiger partial charge in [-0.05, 0) is 54.3 Å². The van der Waals surface area contributed by atoms with Crippen LogP contribution in [0, 0.1) is 10.1 Å². The van der Waals surface area contributed by atoms with Crippen LogP contribution in [0.2, 0.25) is 0 Å². The summed E-state index contributed by atoms with van der Waals surface area (Å²) in [5.74, 6) is 1.38. The molecule has 1 aliphatic carbocycles. The Bertz CT molecular complexity index is 933. The van der Waals surface area contributed by atoms with Gasteiger partial charge in [0, 0.05) is 30.8 Å². The number of nitrogens with zero attached hydrogens (tertiary/aromatic N) is 2. The fourth-order valence-electron chi connectivity index (χ4n) is 3.81. The number of nitro benzene ring substituents is 1. The summed E-state index contributed by atoms with van der Waals surface area (Å²) in [4.78, 5) is 25.2. The average molecular weight is 394 g/mol. The number of amides is 1. The minimum Gasteiger partial charge on any atom is -0.454 e. The summed E-state index contributed by atoms with van der Waals surface area (Å²) in [5.41, 5.74) is 1.78. The lowest BCUT2D eigenvalue weighted by Gasteiger charge is -2.28. The van der Waals surface area contributed by atoms with Crippen molar-refractivity contribution in [3.05, 3.63) is 69.8 Å². The molecule has 0 N–H and O–H groups in total. The molecule has 4 rings (SSSR count). The lowest BCUT2D eigenvalue weighted by molar-refractivity contribution is -0.384. The maximum Gasteiger partial charge on any atom is 0.269 e. The van der Waals surface area contributed by atoms with Crippen LogP contribution in [0.3, 0.4) is 0 Å². The number of fused-ring (bicyclic) bond motifs is 1. The molecular formula is C22H22N2O5. The molecule has 1 saturated carbocycles. The molecule has 1 heterocycles. The highest BCUT2D eigenvalue weighted by Crippen LogP contribution is 2.33. The van der Waals surface area contributed by atoms with Crippen molar-refractivity contribution in [2.45, 2.75) is 38.3 Å². The van der Waals surface area contributed by atoms with Gasteiger partial charge >= 0.3 is 0 Å². The fourth-order valence-corrected chi connectivity index (χ4v) is 3.81. The van der Waals surface area contributed by atoms with Crippen molar-refractivity contribution in [1.82, 2.24) is 4.90 Å². The molecule has 0 spiro atoms. The average Bonchev–Trinajstić information content (AvgIpc) is 3.42. The summed E-state index contributed by atoms with van der Waals surface area (Å²) in [7, 11) is 0.